The van der Waals surface area contributed by atoms with Crippen LogP contribution in [0.4, 0.5) is 0 Å². The molecule has 1 fully saturated rings. The molecule has 3 heteroatoms. The largest absolute Gasteiger partial charge is 0.481 e. The average molecular weight is 280 g/mol. The highest BCUT2D eigenvalue weighted by atomic mass is 32.1. The van der Waals surface area contributed by atoms with Crippen LogP contribution in [-0.2, 0) is 11.2 Å². The average Bonchev–Trinajstić information content (AvgIpc) is 2.90. The van der Waals surface area contributed by atoms with Gasteiger partial charge in [-0.15, -0.1) is 0 Å². The van der Waals surface area contributed by atoms with E-state index in [0.717, 1.165) is 31.6 Å². The first-order chi connectivity index (χ1) is 9.16. The summed E-state index contributed by atoms with van der Waals surface area (Å²) >= 11 is 1.66. The Bertz CT molecular complexity index is 389. The highest BCUT2D eigenvalue weighted by molar-refractivity contribution is 7.07. The van der Waals surface area contributed by atoms with Gasteiger partial charge in [-0.05, 0) is 60.4 Å². The molecular weight excluding hydrogens is 256 g/mol. The molecule has 1 aromatic heterocycles. The van der Waals surface area contributed by atoms with Gasteiger partial charge in [0.25, 0.3) is 0 Å². The lowest BCUT2D eigenvalue weighted by molar-refractivity contribution is -0.151. The fourth-order valence-corrected chi connectivity index (χ4v) is 3.93. The van der Waals surface area contributed by atoms with Crippen LogP contribution < -0.4 is 0 Å². The molecule has 2 rings (SSSR count). The Morgan fingerprint density at radius 2 is 2.21 bits per heavy atom. The Morgan fingerprint density at radius 3 is 2.74 bits per heavy atom. The molecule has 19 heavy (non-hydrogen) atoms. The minimum atomic E-state index is -0.590. The van der Waals surface area contributed by atoms with E-state index in [-0.39, 0.29) is 0 Å². The molecule has 1 N–H and O–H groups in total. The van der Waals surface area contributed by atoms with Crippen molar-refractivity contribution in [2.45, 2.75) is 58.3 Å². The fraction of sp³-hybridized carbons (Fsp3) is 0.688. The van der Waals surface area contributed by atoms with Gasteiger partial charge in [0.1, 0.15) is 0 Å². The van der Waals surface area contributed by atoms with Crippen LogP contribution in [0.3, 0.4) is 0 Å². The third kappa shape index (κ3) is 3.59. The molecule has 1 heterocycles. The summed E-state index contributed by atoms with van der Waals surface area (Å²) in [7, 11) is 0. The number of carboxylic acids is 1. The molecule has 106 valence electrons. The van der Waals surface area contributed by atoms with Crippen LogP contribution in [0.25, 0.3) is 0 Å². The molecule has 1 saturated carbocycles. The lowest BCUT2D eigenvalue weighted by atomic mass is 9.67. The molecule has 0 aliphatic heterocycles. The zero-order valence-corrected chi connectivity index (χ0v) is 12.5. The molecule has 0 bridgehead atoms. The highest BCUT2D eigenvalue weighted by Crippen LogP contribution is 2.43. The zero-order chi connectivity index (χ0) is 13.7. The van der Waals surface area contributed by atoms with Crippen LogP contribution in [0.15, 0.2) is 16.8 Å². The van der Waals surface area contributed by atoms with Crippen LogP contribution in [-0.4, -0.2) is 11.1 Å². The van der Waals surface area contributed by atoms with Gasteiger partial charge in [-0.1, -0.05) is 26.2 Å². The minimum Gasteiger partial charge on any atom is -0.481 e. The summed E-state index contributed by atoms with van der Waals surface area (Å²) in [5, 5.41) is 13.8. The van der Waals surface area contributed by atoms with Gasteiger partial charge in [0, 0.05) is 0 Å². The Morgan fingerprint density at radius 1 is 1.47 bits per heavy atom. The Balaban J connectivity index is 1.97. The highest BCUT2D eigenvalue weighted by Gasteiger charge is 2.41. The van der Waals surface area contributed by atoms with E-state index in [1.165, 1.54) is 24.8 Å². The number of hydrogen-bond donors (Lipinski definition) is 1. The van der Waals surface area contributed by atoms with Gasteiger partial charge in [-0.2, -0.15) is 11.3 Å². The molecule has 0 aromatic carbocycles. The van der Waals surface area contributed by atoms with Crippen molar-refractivity contribution in [2.75, 3.05) is 0 Å². The second kappa shape index (κ2) is 6.56. The summed E-state index contributed by atoms with van der Waals surface area (Å²) in [6, 6.07) is 2.07. The molecular formula is C16H24O2S. The van der Waals surface area contributed by atoms with Crippen molar-refractivity contribution in [3.05, 3.63) is 22.4 Å². The Labute approximate surface area is 119 Å². The number of unbranched alkanes of at least 4 members (excludes halogenated alkanes) is 1. The SMILES string of the molecule is CCCCC1CCC(Cc2ccsc2)(C(=O)O)CC1. The number of hydrogen-bond acceptors (Lipinski definition) is 2. The normalized spacial score (nSPS) is 27.3. The fourth-order valence-electron chi connectivity index (χ4n) is 3.26. The monoisotopic (exact) mass is 280 g/mol. The van der Waals surface area contributed by atoms with Crippen molar-refractivity contribution < 1.29 is 9.90 Å². The van der Waals surface area contributed by atoms with Crippen LogP contribution in [0.5, 0.6) is 0 Å². The maximum absolute atomic E-state index is 11.7. The second-order valence-electron chi connectivity index (χ2n) is 5.98. The van der Waals surface area contributed by atoms with Crippen LogP contribution in [0.1, 0.15) is 57.4 Å². The second-order valence-corrected chi connectivity index (χ2v) is 6.76. The van der Waals surface area contributed by atoms with Crippen LogP contribution >= 0.6 is 11.3 Å². The maximum atomic E-state index is 11.7. The first-order valence-corrected chi connectivity index (χ1v) is 8.35. The molecule has 2 nitrogen and oxygen atoms in total. The number of carbonyl (C=O) groups is 1. The molecule has 1 aliphatic rings. The van der Waals surface area contributed by atoms with E-state index in [1.54, 1.807) is 11.3 Å². The Hall–Kier alpha value is -0.830. The summed E-state index contributed by atoms with van der Waals surface area (Å²) in [5.74, 6) is 0.169. The van der Waals surface area contributed by atoms with E-state index < -0.39 is 11.4 Å². The topological polar surface area (TPSA) is 37.3 Å². The van der Waals surface area contributed by atoms with Gasteiger partial charge in [-0.3, -0.25) is 4.79 Å². The minimum absolute atomic E-state index is 0.496. The van der Waals surface area contributed by atoms with E-state index in [0.29, 0.717) is 6.42 Å². The van der Waals surface area contributed by atoms with E-state index >= 15 is 0 Å². The molecule has 1 aliphatic carbocycles. The third-order valence-corrected chi connectivity index (χ3v) is 5.34. The quantitative estimate of drug-likeness (QED) is 0.817. The predicted molar refractivity (Wildman–Crippen MR) is 79.6 cm³/mol. The van der Waals surface area contributed by atoms with Crippen molar-refractivity contribution in [3.63, 3.8) is 0 Å². The zero-order valence-electron chi connectivity index (χ0n) is 11.7. The molecule has 1 aromatic rings. The molecule has 0 atom stereocenters. The lowest BCUT2D eigenvalue weighted by Gasteiger charge is -2.37. The lowest BCUT2D eigenvalue weighted by Crippen LogP contribution is -2.37. The summed E-state index contributed by atoms with van der Waals surface area (Å²) in [6.07, 6.45) is 8.42. The van der Waals surface area contributed by atoms with E-state index in [4.69, 9.17) is 0 Å². The van der Waals surface area contributed by atoms with Gasteiger partial charge in [0.15, 0.2) is 0 Å². The molecule has 0 saturated heterocycles. The van der Waals surface area contributed by atoms with E-state index in [9.17, 15) is 9.90 Å². The number of rotatable bonds is 6. The standard InChI is InChI=1S/C16H24O2S/c1-2-3-4-13-5-8-16(9-6-13,15(17)18)11-14-7-10-19-12-14/h7,10,12-13H,2-6,8-9,11H2,1H3,(H,17,18). The van der Waals surface area contributed by atoms with Crippen LogP contribution in [0.2, 0.25) is 0 Å². The van der Waals surface area contributed by atoms with Crippen molar-refractivity contribution in [1.82, 2.24) is 0 Å². The van der Waals surface area contributed by atoms with Crippen molar-refractivity contribution in [1.29, 1.82) is 0 Å². The summed E-state index contributed by atoms with van der Waals surface area (Å²) in [6.45, 7) is 2.22. The summed E-state index contributed by atoms with van der Waals surface area (Å²) in [5.41, 5.74) is 0.698. The van der Waals surface area contributed by atoms with E-state index in [1.807, 2.05) is 5.38 Å². The number of thiophene rings is 1. The molecule has 0 amide bonds. The smallest absolute Gasteiger partial charge is 0.309 e. The van der Waals surface area contributed by atoms with Gasteiger partial charge in [0.05, 0.1) is 5.41 Å². The van der Waals surface area contributed by atoms with Crippen molar-refractivity contribution in [2.24, 2.45) is 11.3 Å². The molecule has 0 spiro atoms. The maximum Gasteiger partial charge on any atom is 0.309 e. The molecule has 0 radical (unpaired) electrons. The summed E-state index contributed by atoms with van der Waals surface area (Å²) < 4.78 is 0. The van der Waals surface area contributed by atoms with Gasteiger partial charge < -0.3 is 5.11 Å². The van der Waals surface area contributed by atoms with Gasteiger partial charge >= 0.3 is 5.97 Å². The van der Waals surface area contributed by atoms with Crippen molar-refractivity contribution >= 4 is 17.3 Å². The first-order valence-electron chi connectivity index (χ1n) is 7.41. The predicted octanol–water partition coefficient (Wildman–Crippen LogP) is 4.74. The van der Waals surface area contributed by atoms with Crippen molar-refractivity contribution in [3.8, 4) is 0 Å². The van der Waals surface area contributed by atoms with Gasteiger partial charge in [0.2, 0.25) is 0 Å². The third-order valence-electron chi connectivity index (χ3n) is 4.60. The first kappa shape index (κ1) is 14.6. The van der Waals surface area contributed by atoms with Crippen LogP contribution in [0, 0.1) is 11.3 Å². The number of carboxylic acid groups (broad SMARTS) is 1. The molecule has 0 unspecified atom stereocenters. The summed E-state index contributed by atoms with van der Waals surface area (Å²) in [4.78, 5) is 11.7. The van der Waals surface area contributed by atoms with E-state index in [2.05, 4.69) is 18.4 Å². The Kier molecular flexibility index (Phi) is 5.03. The number of aliphatic carboxylic acids is 1. The van der Waals surface area contributed by atoms with Gasteiger partial charge in [-0.25, -0.2) is 0 Å².